The lowest BCUT2D eigenvalue weighted by Crippen LogP contribution is -2.19. The summed E-state index contributed by atoms with van der Waals surface area (Å²) in [5.41, 5.74) is 8.49. The van der Waals surface area contributed by atoms with Gasteiger partial charge in [0.25, 0.3) is 0 Å². The Balaban J connectivity index is 2.70. The van der Waals surface area contributed by atoms with Gasteiger partial charge < -0.3 is 5.73 Å². The maximum absolute atomic E-state index is 6.07. The van der Waals surface area contributed by atoms with E-state index in [0.717, 1.165) is 12.1 Å². The lowest BCUT2D eigenvalue weighted by molar-refractivity contribution is 0.340. The largest absolute Gasteiger partial charge is 0.323 e. The minimum Gasteiger partial charge on any atom is -0.323 e. The summed E-state index contributed by atoms with van der Waals surface area (Å²) in [6.07, 6.45) is 2.83. The fourth-order valence-corrected chi connectivity index (χ4v) is 1.46. The lowest BCUT2D eigenvalue weighted by atomic mass is 9.87. The van der Waals surface area contributed by atoms with Crippen molar-refractivity contribution in [2.75, 3.05) is 0 Å². The zero-order chi connectivity index (χ0) is 10.8. The molecule has 1 heterocycles. The summed E-state index contributed by atoms with van der Waals surface area (Å²) in [7, 11) is 0. The third-order valence-electron chi connectivity index (χ3n) is 2.15. The van der Waals surface area contributed by atoms with Crippen LogP contribution in [0.1, 0.15) is 44.5 Å². The Bertz CT molecular complexity index is 282. The first kappa shape index (κ1) is 11.2. The second-order valence-electron chi connectivity index (χ2n) is 5.13. The van der Waals surface area contributed by atoms with Crippen LogP contribution in [0.2, 0.25) is 0 Å². The molecular weight excluding hydrogens is 172 g/mol. The van der Waals surface area contributed by atoms with Gasteiger partial charge in [-0.25, -0.2) is 0 Å². The predicted molar refractivity (Wildman–Crippen MR) is 60.0 cm³/mol. The van der Waals surface area contributed by atoms with E-state index in [1.54, 1.807) is 0 Å². The summed E-state index contributed by atoms with van der Waals surface area (Å²) in [4.78, 5) is 4.34. The monoisotopic (exact) mass is 192 g/mol. The molecule has 0 fully saturated rings. The third-order valence-corrected chi connectivity index (χ3v) is 2.15. The highest BCUT2D eigenvalue weighted by atomic mass is 14.8. The van der Waals surface area contributed by atoms with Gasteiger partial charge in [0, 0.05) is 12.2 Å². The molecular formula is C12H20N2. The molecule has 0 spiro atoms. The van der Waals surface area contributed by atoms with E-state index in [2.05, 4.69) is 31.8 Å². The van der Waals surface area contributed by atoms with Gasteiger partial charge in [-0.05, 0) is 30.4 Å². The molecule has 2 N–H and O–H groups in total. The van der Waals surface area contributed by atoms with Crippen molar-refractivity contribution in [3.8, 4) is 0 Å². The highest BCUT2D eigenvalue weighted by molar-refractivity contribution is 5.14. The zero-order valence-corrected chi connectivity index (χ0v) is 9.54. The molecule has 2 nitrogen and oxygen atoms in total. The molecule has 1 atom stereocenters. The van der Waals surface area contributed by atoms with E-state index in [9.17, 15) is 0 Å². The molecule has 0 saturated carbocycles. The predicted octanol–water partition coefficient (Wildman–Crippen LogP) is 2.83. The lowest BCUT2D eigenvalue weighted by Gasteiger charge is -2.22. The molecule has 0 amide bonds. The first-order valence-corrected chi connectivity index (χ1v) is 5.06. The van der Waals surface area contributed by atoms with E-state index in [0.29, 0.717) is 0 Å². The number of hydrogen-bond acceptors (Lipinski definition) is 2. The van der Waals surface area contributed by atoms with Gasteiger partial charge in [0.05, 0.1) is 5.69 Å². The van der Waals surface area contributed by atoms with Crippen molar-refractivity contribution < 1.29 is 0 Å². The molecule has 1 rings (SSSR count). The number of nitrogens with zero attached hydrogens (tertiary/aromatic N) is 1. The average molecular weight is 192 g/mol. The Morgan fingerprint density at radius 2 is 2.00 bits per heavy atom. The van der Waals surface area contributed by atoms with E-state index in [1.165, 1.54) is 5.56 Å². The quantitative estimate of drug-likeness (QED) is 0.782. The van der Waals surface area contributed by atoms with Crippen molar-refractivity contribution in [3.63, 3.8) is 0 Å². The van der Waals surface area contributed by atoms with Crippen molar-refractivity contribution >= 4 is 0 Å². The SMILES string of the molecule is Cc1ccc([C@@H](N)CC(C)(C)C)nc1. The highest BCUT2D eigenvalue weighted by Crippen LogP contribution is 2.26. The van der Waals surface area contributed by atoms with Crippen molar-refractivity contribution in [1.29, 1.82) is 0 Å². The molecule has 0 bridgehead atoms. The molecule has 0 saturated heterocycles. The van der Waals surface area contributed by atoms with Gasteiger partial charge in [0.2, 0.25) is 0 Å². The van der Waals surface area contributed by atoms with E-state index in [-0.39, 0.29) is 11.5 Å². The van der Waals surface area contributed by atoms with Crippen LogP contribution in [0, 0.1) is 12.3 Å². The summed E-state index contributed by atoms with van der Waals surface area (Å²) in [5, 5.41) is 0. The van der Waals surface area contributed by atoms with Gasteiger partial charge in [0.15, 0.2) is 0 Å². The average Bonchev–Trinajstić information content (AvgIpc) is 2.02. The minimum atomic E-state index is 0.0515. The molecule has 0 radical (unpaired) electrons. The van der Waals surface area contributed by atoms with Crippen molar-refractivity contribution in [2.24, 2.45) is 11.1 Å². The van der Waals surface area contributed by atoms with Gasteiger partial charge in [-0.15, -0.1) is 0 Å². The minimum absolute atomic E-state index is 0.0515. The number of aryl methyl sites for hydroxylation is 1. The van der Waals surface area contributed by atoms with Crippen LogP contribution in [-0.4, -0.2) is 4.98 Å². The second-order valence-corrected chi connectivity index (χ2v) is 5.13. The summed E-state index contributed by atoms with van der Waals surface area (Å²) >= 11 is 0. The fourth-order valence-electron chi connectivity index (χ4n) is 1.46. The van der Waals surface area contributed by atoms with Crippen LogP contribution in [0.3, 0.4) is 0 Å². The maximum atomic E-state index is 6.07. The van der Waals surface area contributed by atoms with Crippen molar-refractivity contribution in [1.82, 2.24) is 4.98 Å². The van der Waals surface area contributed by atoms with E-state index < -0.39 is 0 Å². The van der Waals surface area contributed by atoms with Crippen LogP contribution in [0.5, 0.6) is 0 Å². The van der Waals surface area contributed by atoms with Crippen LogP contribution >= 0.6 is 0 Å². The first-order chi connectivity index (χ1) is 6.38. The number of pyridine rings is 1. The maximum Gasteiger partial charge on any atom is 0.0571 e. The Morgan fingerprint density at radius 3 is 2.43 bits per heavy atom. The number of rotatable bonds is 2. The molecule has 0 aliphatic rings. The summed E-state index contributed by atoms with van der Waals surface area (Å²) in [6, 6.07) is 4.13. The zero-order valence-electron chi connectivity index (χ0n) is 9.54. The number of hydrogen-bond donors (Lipinski definition) is 1. The van der Waals surface area contributed by atoms with E-state index in [1.807, 2.05) is 19.2 Å². The Hall–Kier alpha value is -0.890. The Labute approximate surface area is 86.5 Å². The molecule has 1 aromatic rings. The molecule has 0 aliphatic carbocycles. The van der Waals surface area contributed by atoms with Gasteiger partial charge in [-0.2, -0.15) is 0 Å². The third kappa shape index (κ3) is 3.46. The first-order valence-electron chi connectivity index (χ1n) is 5.06. The normalized spacial score (nSPS) is 14.1. The van der Waals surface area contributed by atoms with Gasteiger partial charge in [-0.3, -0.25) is 4.98 Å². The Morgan fingerprint density at radius 1 is 1.36 bits per heavy atom. The fraction of sp³-hybridized carbons (Fsp3) is 0.583. The molecule has 14 heavy (non-hydrogen) atoms. The smallest absolute Gasteiger partial charge is 0.0571 e. The second kappa shape index (κ2) is 4.09. The van der Waals surface area contributed by atoms with Crippen molar-refractivity contribution in [2.45, 2.75) is 40.2 Å². The molecule has 0 unspecified atom stereocenters. The number of aromatic nitrogens is 1. The molecule has 0 aromatic carbocycles. The Kier molecular flexibility index (Phi) is 3.27. The molecule has 78 valence electrons. The summed E-state index contributed by atoms with van der Waals surface area (Å²) in [6.45, 7) is 8.62. The van der Waals surface area contributed by atoms with Gasteiger partial charge >= 0.3 is 0 Å². The molecule has 2 heteroatoms. The van der Waals surface area contributed by atoms with Crippen LogP contribution in [0.4, 0.5) is 0 Å². The van der Waals surface area contributed by atoms with E-state index >= 15 is 0 Å². The van der Waals surface area contributed by atoms with Crippen LogP contribution in [0.15, 0.2) is 18.3 Å². The van der Waals surface area contributed by atoms with E-state index in [4.69, 9.17) is 5.73 Å². The van der Waals surface area contributed by atoms with Crippen molar-refractivity contribution in [3.05, 3.63) is 29.6 Å². The summed E-state index contributed by atoms with van der Waals surface area (Å²) < 4.78 is 0. The summed E-state index contributed by atoms with van der Waals surface area (Å²) in [5.74, 6) is 0. The highest BCUT2D eigenvalue weighted by Gasteiger charge is 2.17. The standard InChI is InChI=1S/C12H20N2/c1-9-5-6-11(14-8-9)10(13)7-12(2,3)4/h5-6,8,10H,7,13H2,1-4H3/t10-/m0/s1. The number of nitrogens with two attached hydrogens (primary N) is 1. The van der Waals surface area contributed by atoms with Crippen LogP contribution in [-0.2, 0) is 0 Å². The molecule has 0 aliphatic heterocycles. The van der Waals surface area contributed by atoms with Crippen LogP contribution in [0.25, 0.3) is 0 Å². The van der Waals surface area contributed by atoms with Gasteiger partial charge in [-0.1, -0.05) is 26.8 Å². The molecule has 1 aromatic heterocycles. The topological polar surface area (TPSA) is 38.9 Å². The van der Waals surface area contributed by atoms with Gasteiger partial charge in [0.1, 0.15) is 0 Å². The van der Waals surface area contributed by atoms with Crippen LogP contribution < -0.4 is 5.73 Å².